The van der Waals surface area contributed by atoms with E-state index in [1.54, 1.807) is 6.07 Å². The third kappa shape index (κ3) is 5.46. The highest BCUT2D eigenvalue weighted by Gasteiger charge is 2.52. The Kier molecular flexibility index (Phi) is 7.11. The molecule has 2 N–H and O–H groups in total. The van der Waals surface area contributed by atoms with Gasteiger partial charge >= 0.3 is 13.1 Å². The molecule has 8 nitrogen and oxygen atoms in total. The smallest absolute Gasteiger partial charge is 0.465 e. The lowest BCUT2D eigenvalue weighted by atomic mass is 9.75. The van der Waals surface area contributed by atoms with E-state index in [2.05, 4.69) is 22.5 Å². The molecule has 0 radical (unpaired) electrons. The SMILES string of the molecule is COC(=O)c1cc(Nc2ncc(C)c(NC3CCCC(C)C3)n2)ccc1B1OC(C)(C)C(C)(C)O1. The first kappa shape index (κ1) is 25.4. The topological polar surface area (TPSA) is 94.6 Å². The summed E-state index contributed by atoms with van der Waals surface area (Å²) in [6.07, 6.45) is 6.64. The molecule has 0 amide bonds. The van der Waals surface area contributed by atoms with Gasteiger partial charge in [-0.3, -0.25) is 0 Å². The predicted octanol–water partition coefficient (Wildman–Crippen LogP) is 4.61. The Morgan fingerprint density at radius 2 is 1.89 bits per heavy atom. The van der Waals surface area contributed by atoms with Crippen molar-refractivity contribution in [2.75, 3.05) is 17.7 Å². The summed E-state index contributed by atoms with van der Waals surface area (Å²) in [5.74, 6) is 1.56. The van der Waals surface area contributed by atoms with Gasteiger partial charge in [-0.1, -0.05) is 25.8 Å². The maximum Gasteiger partial charge on any atom is 0.495 e. The normalized spacial score (nSPS) is 23.1. The van der Waals surface area contributed by atoms with Crippen molar-refractivity contribution in [3.63, 3.8) is 0 Å². The molecule has 1 aliphatic carbocycles. The van der Waals surface area contributed by atoms with Gasteiger partial charge in [0.15, 0.2) is 0 Å². The fourth-order valence-corrected chi connectivity index (χ4v) is 4.63. The number of rotatable bonds is 6. The van der Waals surface area contributed by atoms with E-state index < -0.39 is 24.3 Å². The van der Waals surface area contributed by atoms with E-state index in [1.165, 1.54) is 20.0 Å². The number of hydrogen-bond acceptors (Lipinski definition) is 8. The van der Waals surface area contributed by atoms with Crippen molar-refractivity contribution in [3.05, 3.63) is 35.5 Å². The number of carbonyl (C=O) groups excluding carboxylic acids is 1. The number of aromatic nitrogens is 2. The van der Waals surface area contributed by atoms with E-state index >= 15 is 0 Å². The van der Waals surface area contributed by atoms with Gasteiger partial charge in [0.05, 0.1) is 23.9 Å². The number of nitrogens with one attached hydrogen (secondary N) is 2. The van der Waals surface area contributed by atoms with E-state index in [4.69, 9.17) is 19.0 Å². The number of anilines is 3. The van der Waals surface area contributed by atoms with E-state index in [1.807, 2.05) is 52.9 Å². The van der Waals surface area contributed by atoms with Crippen LogP contribution in [-0.2, 0) is 14.0 Å². The number of aryl methyl sites for hydroxylation is 1. The second-order valence-electron chi connectivity index (χ2n) is 10.8. The molecule has 1 aromatic carbocycles. The average molecular weight is 480 g/mol. The molecule has 188 valence electrons. The number of esters is 1. The van der Waals surface area contributed by atoms with Gasteiger partial charge in [-0.25, -0.2) is 9.78 Å². The Hall–Kier alpha value is -2.65. The molecular weight excluding hydrogens is 443 g/mol. The van der Waals surface area contributed by atoms with Gasteiger partial charge in [-0.05, 0) is 71.0 Å². The van der Waals surface area contributed by atoms with Gasteiger partial charge < -0.3 is 24.7 Å². The zero-order valence-corrected chi connectivity index (χ0v) is 21.9. The molecule has 1 saturated heterocycles. The fourth-order valence-electron chi connectivity index (χ4n) is 4.63. The first-order valence-corrected chi connectivity index (χ1v) is 12.4. The van der Waals surface area contributed by atoms with Crippen LogP contribution < -0.4 is 16.1 Å². The van der Waals surface area contributed by atoms with Crippen LogP contribution in [0.15, 0.2) is 24.4 Å². The van der Waals surface area contributed by atoms with Crippen LogP contribution in [0.2, 0.25) is 0 Å². The van der Waals surface area contributed by atoms with Crippen molar-refractivity contribution in [2.24, 2.45) is 5.92 Å². The van der Waals surface area contributed by atoms with Crippen molar-refractivity contribution in [3.8, 4) is 0 Å². The van der Waals surface area contributed by atoms with Gasteiger partial charge in [0.2, 0.25) is 5.95 Å². The summed E-state index contributed by atoms with van der Waals surface area (Å²) < 4.78 is 17.4. The molecule has 2 aliphatic rings. The molecular formula is C26H37BN4O4. The lowest BCUT2D eigenvalue weighted by Gasteiger charge is -2.32. The highest BCUT2D eigenvalue weighted by molar-refractivity contribution is 6.63. The molecule has 0 bridgehead atoms. The number of methoxy groups -OCH3 is 1. The van der Waals surface area contributed by atoms with Crippen LogP contribution in [-0.4, -0.2) is 47.4 Å². The first-order valence-electron chi connectivity index (χ1n) is 12.4. The average Bonchev–Trinajstić information content (AvgIpc) is 3.02. The molecule has 1 aliphatic heterocycles. The Morgan fingerprint density at radius 1 is 1.17 bits per heavy atom. The molecule has 2 fully saturated rings. The summed E-state index contributed by atoms with van der Waals surface area (Å²) >= 11 is 0. The number of carbonyl (C=O) groups is 1. The predicted molar refractivity (Wildman–Crippen MR) is 139 cm³/mol. The van der Waals surface area contributed by atoms with Crippen LogP contribution in [0.1, 0.15) is 76.2 Å². The zero-order chi connectivity index (χ0) is 25.4. The summed E-state index contributed by atoms with van der Waals surface area (Å²) in [7, 11) is 0.691. The van der Waals surface area contributed by atoms with Crippen molar-refractivity contribution >= 4 is 36.0 Å². The molecule has 9 heteroatoms. The lowest BCUT2D eigenvalue weighted by Crippen LogP contribution is -2.41. The standard InChI is InChI=1S/C26H37BN4O4/c1-16-9-8-10-18(13-16)29-22-17(2)15-28-24(31-22)30-19-11-12-21(20(14-19)23(32)33-7)27-34-25(3,4)26(5,6)35-27/h11-12,14-16,18H,8-10,13H2,1-7H3,(H2,28,29,30,31). The molecule has 2 aromatic rings. The van der Waals surface area contributed by atoms with Gasteiger partial charge in [0.1, 0.15) is 5.82 Å². The minimum atomic E-state index is -0.674. The number of ether oxygens (including phenoxy) is 1. The van der Waals surface area contributed by atoms with Crippen molar-refractivity contribution in [1.29, 1.82) is 0 Å². The van der Waals surface area contributed by atoms with E-state index in [-0.39, 0.29) is 0 Å². The van der Waals surface area contributed by atoms with Crippen LogP contribution in [0.5, 0.6) is 0 Å². The third-order valence-corrected chi connectivity index (χ3v) is 7.47. The molecule has 1 aromatic heterocycles. The van der Waals surface area contributed by atoms with Gasteiger partial charge in [-0.15, -0.1) is 0 Å². The first-order chi connectivity index (χ1) is 16.5. The minimum Gasteiger partial charge on any atom is -0.465 e. The quantitative estimate of drug-likeness (QED) is 0.458. The lowest BCUT2D eigenvalue weighted by molar-refractivity contribution is 0.00578. The largest absolute Gasteiger partial charge is 0.495 e. The maximum absolute atomic E-state index is 12.7. The number of hydrogen-bond donors (Lipinski definition) is 2. The molecule has 0 spiro atoms. The van der Waals surface area contributed by atoms with Crippen LogP contribution >= 0.6 is 0 Å². The summed E-state index contributed by atoms with van der Waals surface area (Å²) in [5, 5.41) is 6.84. The molecule has 1 saturated carbocycles. The second-order valence-corrected chi connectivity index (χ2v) is 10.8. The Labute approximate surface area is 208 Å². The molecule has 35 heavy (non-hydrogen) atoms. The zero-order valence-electron chi connectivity index (χ0n) is 21.9. The maximum atomic E-state index is 12.7. The van der Waals surface area contributed by atoms with Crippen LogP contribution in [0.25, 0.3) is 0 Å². The Morgan fingerprint density at radius 3 is 2.54 bits per heavy atom. The Balaban J connectivity index is 1.56. The third-order valence-electron chi connectivity index (χ3n) is 7.47. The summed E-state index contributed by atoms with van der Waals surface area (Å²) in [4.78, 5) is 21.8. The van der Waals surface area contributed by atoms with Gasteiger partial charge in [0.25, 0.3) is 0 Å². The van der Waals surface area contributed by atoms with Crippen LogP contribution in [0.3, 0.4) is 0 Å². The second kappa shape index (κ2) is 9.78. The number of benzene rings is 1. The molecule has 2 atom stereocenters. The summed E-state index contributed by atoms with van der Waals surface area (Å²) in [5.41, 5.74) is 1.64. The highest BCUT2D eigenvalue weighted by Crippen LogP contribution is 2.37. The van der Waals surface area contributed by atoms with Gasteiger partial charge in [-0.2, -0.15) is 4.98 Å². The van der Waals surface area contributed by atoms with Crippen molar-refractivity contribution in [2.45, 2.75) is 84.5 Å². The molecule has 2 unspecified atom stereocenters. The fraction of sp³-hybridized carbons (Fsp3) is 0.577. The monoisotopic (exact) mass is 480 g/mol. The summed E-state index contributed by atoms with van der Waals surface area (Å²) in [6.45, 7) is 12.2. The van der Waals surface area contributed by atoms with Crippen molar-refractivity contribution < 1.29 is 18.8 Å². The van der Waals surface area contributed by atoms with Crippen LogP contribution in [0, 0.1) is 12.8 Å². The van der Waals surface area contributed by atoms with E-state index in [9.17, 15) is 4.79 Å². The highest BCUT2D eigenvalue weighted by atomic mass is 16.7. The van der Waals surface area contributed by atoms with E-state index in [0.717, 1.165) is 30.1 Å². The minimum absolute atomic E-state index is 0.373. The van der Waals surface area contributed by atoms with Crippen LogP contribution in [0.4, 0.5) is 17.5 Å². The molecule has 4 rings (SSSR count). The Bertz CT molecular complexity index is 1080. The number of nitrogens with zero attached hydrogens (tertiary/aromatic N) is 2. The van der Waals surface area contributed by atoms with E-state index in [0.29, 0.717) is 28.7 Å². The summed E-state index contributed by atoms with van der Waals surface area (Å²) in [6, 6.07) is 5.84. The molecule has 2 heterocycles. The van der Waals surface area contributed by atoms with Gasteiger partial charge in [0, 0.05) is 23.5 Å². The van der Waals surface area contributed by atoms with Crippen molar-refractivity contribution in [1.82, 2.24) is 9.97 Å².